The van der Waals surface area contributed by atoms with E-state index in [1.165, 1.54) is 6.92 Å². The summed E-state index contributed by atoms with van der Waals surface area (Å²) in [5, 5.41) is 13.4. The van der Waals surface area contributed by atoms with Crippen LogP contribution < -0.4 is 5.32 Å². The van der Waals surface area contributed by atoms with Crippen molar-refractivity contribution in [1.82, 2.24) is 4.90 Å². The van der Waals surface area contributed by atoms with E-state index in [9.17, 15) is 32.9 Å². The van der Waals surface area contributed by atoms with Crippen molar-refractivity contribution in [3.8, 4) is 0 Å². The van der Waals surface area contributed by atoms with Crippen molar-refractivity contribution in [1.29, 1.82) is 0 Å². The van der Waals surface area contributed by atoms with Crippen molar-refractivity contribution < 1.29 is 32.4 Å². The van der Waals surface area contributed by atoms with E-state index in [0.29, 0.717) is 25.2 Å². The molecule has 29 heavy (non-hydrogen) atoms. The first-order valence-corrected chi connectivity index (χ1v) is 9.17. The molecule has 0 aliphatic carbocycles. The smallest absolute Gasteiger partial charge is 0.416 e. The second kappa shape index (κ2) is 9.57. The minimum absolute atomic E-state index is 0.258. The number of benzene rings is 1. The van der Waals surface area contributed by atoms with Gasteiger partial charge in [0.05, 0.1) is 10.5 Å². The molecule has 1 saturated heterocycles. The van der Waals surface area contributed by atoms with E-state index in [1.54, 1.807) is 4.90 Å². The molecule has 0 unspecified atom stereocenters. The van der Waals surface area contributed by atoms with Crippen LogP contribution in [0.4, 0.5) is 24.5 Å². The van der Waals surface area contributed by atoms with Gasteiger partial charge in [-0.15, -0.1) is 0 Å². The zero-order valence-corrected chi connectivity index (χ0v) is 15.8. The molecule has 0 aromatic heterocycles. The number of esters is 1. The van der Waals surface area contributed by atoms with Crippen LogP contribution in [0.25, 0.3) is 0 Å². The first kappa shape index (κ1) is 22.4. The molecule has 8 nitrogen and oxygen atoms in total. The van der Waals surface area contributed by atoms with Crippen molar-refractivity contribution >= 4 is 23.3 Å². The first-order valence-electron chi connectivity index (χ1n) is 9.17. The number of nitrogens with one attached hydrogen (secondary N) is 1. The summed E-state index contributed by atoms with van der Waals surface area (Å²) in [6, 6.07) is 1.94. The lowest BCUT2D eigenvalue weighted by molar-refractivity contribution is -0.384. The monoisotopic (exact) mass is 417 g/mol. The van der Waals surface area contributed by atoms with Crippen molar-refractivity contribution in [2.45, 2.75) is 44.9 Å². The summed E-state index contributed by atoms with van der Waals surface area (Å²) in [4.78, 5) is 36.1. The Morgan fingerprint density at radius 1 is 1.24 bits per heavy atom. The number of halogens is 3. The van der Waals surface area contributed by atoms with Gasteiger partial charge in [-0.1, -0.05) is 12.8 Å². The molecular formula is C18H22F3N3O5. The lowest BCUT2D eigenvalue weighted by Gasteiger charge is -2.24. The lowest BCUT2D eigenvalue weighted by Crippen LogP contribution is -2.41. The van der Waals surface area contributed by atoms with Crippen LogP contribution in [-0.4, -0.2) is 47.4 Å². The van der Waals surface area contributed by atoms with Gasteiger partial charge in [0.15, 0.2) is 6.10 Å². The van der Waals surface area contributed by atoms with Crippen LogP contribution in [0, 0.1) is 10.1 Å². The summed E-state index contributed by atoms with van der Waals surface area (Å²) in [7, 11) is 0. The molecule has 0 radical (unpaired) electrons. The van der Waals surface area contributed by atoms with Crippen LogP contribution >= 0.6 is 0 Å². The van der Waals surface area contributed by atoms with Crippen molar-refractivity contribution in [3.63, 3.8) is 0 Å². The second-order valence-corrected chi connectivity index (χ2v) is 6.71. The molecule has 0 spiro atoms. The average molecular weight is 417 g/mol. The van der Waals surface area contributed by atoms with E-state index in [-0.39, 0.29) is 11.6 Å². The van der Waals surface area contributed by atoms with Crippen LogP contribution in [0.2, 0.25) is 0 Å². The number of ether oxygens (including phenoxy) is 1. The van der Waals surface area contributed by atoms with Crippen LogP contribution in [0.5, 0.6) is 0 Å². The highest BCUT2D eigenvalue weighted by atomic mass is 19.4. The third-order valence-corrected chi connectivity index (χ3v) is 4.52. The Hall–Kier alpha value is -2.85. The number of nitrogens with zero attached hydrogens (tertiary/aromatic N) is 2. The summed E-state index contributed by atoms with van der Waals surface area (Å²) in [5.41, 5.74) is -2.25. The fourth-order valence-electron chi connectivity index (χ4n) is 3.01. The molecule has 1 aliphatic heterocycles. The summed E-state index contributed by atoms with van der Waals surface area (Å²) >= 11 is 0. The SMILES string of the molecule is C[C@@H](OC(=O)CNc1ccc(C(F)(F)F)cc1[N+](=O)[O-])C(=O)N1CCCCCC1. The maximum absolute atomic E-state index is 12.7. The van der Waals surface area contributed by atoms with E-state index >= 15 is 0 Å². The number of hydrogen-bond donors (Lipinski definition) is 1. The molecule has 11 heteroatoms. The van der Waals surface area contributed by atoms with Gasteiger partial charge in [-0.25, -0.2) is 0 Å². The van der Waals surface area contributed by atoms with Gasteiger partial charge in [0.2, 0.25) is 0 Å². The molecule has 1 N–H and O–H groups in total. The topological polar surface area (TPSA) is 102 Å². The molecule has 1 atom stereocenters. The van der Waals surface area contributed by atoms with E-state index < -0.39 is 41.0 Å². The number of carbonyl (C=O) groups excluding carboxylic acids is 2. The highest BCUT2D eigenvalue weighted by Gasteiger charge is 2.33. The largest absolute Gasteiger partial charge is 0.451 e. The van der Waals surface area contributed by atoms with Gasteiger partial charge in [0.1, 0.15) is 12.2 Å². The summed E-state index contributed by atoms with van der Waals surface area (Å²) < 4.78 is 43.2. The molecule has 1 heterocycles. The standard InChI is InChI=1S/C18H22F3N3O5/c1-12(17(26)23-8-4-2-3-5-9-23)29-16(25)11-22-14-7-6-13(18(19,20)21)10-15(14)24(27)28/h6-7,10,12,22H,2-5,8-9,11H2,1H3/t12-/m1/s1. The van der Waals surface area contributed by atoms with Crippen LogP contribution in [0.3, 0.4) is 0 Å². The molecule has 0 saturated carbocycles. The predicted octanol–water partition coefficient (Wildman–Crippen LogP) is 3.36. The van der Waals surface area contributed by atoms with Gasteiger partial charge in [-0.05, 0) is 31.9 Å². The molecule has 2 rings (SSSR count). The normalized spacial score (nSPS) is 15.9. The fourth-order valence-corrected chi connectivity index (χ4v) is 3.01. The number of amides is 1. The zero-order valence-electron chi connectivity index (χ0n) is 15.8. The van der Waals surface area contributed by atoms with Gasteiger partial charge in [0, 0.05) is 19.2 Å². The quantitative estimate of drug-likeness (QED) is 0.433. The zero-order chi connectivity index (χ0) is 21.6. The van der Waals surface area contributed by atoms with Gasteiger partial charge >= 0.3 is 12.1 Å². The number of rotatable bonds is 6. The van der Waals surface area contributed by atoms with Gasteiger partial charge in [-0.2, -0.15) is 13.2 Å². The van der Waals surface area contributed by atoms with E-state index in [2.05, 4.69) is 5.32 Å². The van der Waals surface area contributed by atoms with Gasteiger partial charge in [0.25, 0.3) is 11.6 Å². The molecule has 1 amide bonds. The molecule has 160 valence electrons. The number of alkyl halides is 3. The number of nitro groups is 1. The summed E-state index contributed by atoms with van der Waals surface area (Å²) in [6.07, 6.45) is -1.92. The van der Waals surface area contributed by atoms with Crippen molar-refractivity contribution in [2.24, 2.45) is 0 Å². The van der Waals surface area contributed by atoms with Gasteiger partial charge < -0.3 is 15.0 Å². The minimum atomic E-state index is -4.73. The van der Waals surface area contributed by atoms with Gasteiger partial charge in [-0.3, -0.25) is 19.7 Å². The third kappa shape index (κ3) is 6.33. The Morgan fingerprint density at radius 3 is 2.41 bits per heavy atom. The summed E-state index contributed by atoms with van der Waals surface area (Å²) in [6.45, 7) is 2.09. The minimum Gasteiger partial charge on any atom is -0.451 e. The molecule has 1 aromatic carbocycles. The fraction of sp³-hybridized carbons (Fsp3) is 0.556. The number of anilines is 1. The third-order valence-electron chi connectivity index (χ3n) is 4.52. The second-order valence-electron chi connectivity index (χ2n) is 6.71. The molecule has 0 bridgehead atoms. The predicted molar refractivity (Wildman–Crippen MR) is 97.2 cm³/mol. The summed E-state index contributed by atoms with van der Waals surface area (Å²) in [5.74, 6) is -1.17. The highest BCUT2D eigenvalue weighted by molar-refractivity contribution is 5.85. The molecular weight excluding hydrogens is 395 g/mol. The Morgan fingerprint density at radius 2 is 1.86 bits per heavy atom. The van der Waals surface area contributed by atoms with Crippen molar-refractivity contribution in [2.75, 3.05) is 25.0 Å². The van der Waals surface area contributed by atoms with E-state index in [4.69, 9.17) is 4.74 Å². The first-order chi connectivity index (χ1) is 13.6. The highest BCUT2D eigenvalue weighted by Crippen LogP contribution is 2.34. The maximum Gasteiger partial charge on any atom is 0.416 e. The van der Waals surface area contributed by atoms with E-state index in [0.717, 1.165) is 31.7 Å². The van der Waals surface area contributed by atoms with Crippen molar-refractivity contribution in [3.05, 3.63) is 33.9 Å². The Bertz CT molecular complexity index is 762. The number of nitro benzene ring substituents is 1. The average Bonchev–Trinajstić information content (AvgIpc) is 2.94. The number of carbonyl (C=O) groups is 2. The molecule has 1 fully saturated rings. The lowest BCUT2D eigenvalue weighted by atomic mass is 10.1. The molecule has 1 aliphatic rings. The Labute approximate surface area is 165 Å². The maximum atomic E-state index is 12.7. The van der Waals surface area contributed by atoms with Crippen LogP contribution in [-0.2, 0) is 20.5 Å². The Balaban J connectivity index is 1.96. The number of likely N-dealkylation sites (tertiary alicyclic amines) is 1. The van der Waals surface area contributed by atoms with Crippen LogP contribution in [0.1, 0.15) is 38.2 Å². The Kier molecular flexibility index (Phi) is 7.40. The number of hydrogen-bond acceptors (Lipinski definition) is 6. The van der Waals surface area contributed by atoms with Crippen LogP contribution in [0.15, 0.2) is 18.2 Å². The van der Waals surface area contributed by atoms with E-state index in [1.807, 2.05) is 0 Å². The molecule has 1 aromatic rings.